The number of methoxy groups -OCH3 is 2. The molecular formula is C15H18N2O4S. The van der Waals surface area contributed by atoms with Crippen LogP contribution in [0.15, 0.2) is 47.4 Å². The molecule has 0 aliphatic heterocycles. The van der Waals surface area contributed by atoms with Crippen LogP contribution in [0.5, 0.6) is 11.5 Å². The summed E-state index contributed by atoms with van der Waals surface area (Å²) in [5.74, 6) is 1.48. The molecule has 0 aliphatic rings. The fraction of sp³-hybridized carbons (Fsp3) is 0.200. The first-order chi connectivity index (χ1) is 10.4. The molecule has 0 heterocycles. The zero-order valence-electron chi connectivity index (χ0n) is 12.4. The van der Waals surface area contributed by atoms with E-state index < -0.39 is 10.0 Å². The lowest BCUT2D eigenvalue weighted by Gasteiger charge is -2.12. The van der Waals surface area contributed by atoms with Crippen molar-refractivity contribution in [1.29, 1.82) is 0 Å². The molecule has 22 heavy (non-hydrogen) atoms. The second-order valence-corrected chi connectivity index (χ2v) is 6.16. The zero-order chi connectivity index (χ0) is 16.2. The van der Waals surface area contributed by atoms with Gasteiger partial charge in [0.1, 0.15) is 11.5 Å². The van der Waals surface area contributed by atoms with Crippen molar-refractivity contribution in [3.05, 3.63) is 48.0 Å². The normalized spacial score (nSPS) is 11.0. The van der Waals surface area contributed by atoms with Gasteiger partial charge in [-0.1, -0.05) is 0 Å². The summed E-state index contributed by atoms with van der Waals surface area (Å²) in [6.07, 6.45) is 0. The minimum atomic E-state index is -3.67. The summed E-state index contributed by atoms with van der Waals surface area (Å²) in [6, 6.07) is 11.8. The van der Waals surface area contributed by atoms with Crippen molar-refractivity contribution in [1.82, 2.24) is 0 Å². The van der Waals surface area contributed by atoms with Crippen molar-refractivity contribution >= 4 is 15.7 Å². The summed E-state index contributed by atoms with van der Waals surface area (Å²) in [5.41, 5.74) is 1.70. The number of sulfonamides is 1. The van der Waals surface area contributed by atoms with E-state index in [0.717, 1.165) is 22.7 Å². The predicted octanol–water partition coefficient (Wildman–Crippen LogP) is 1.96. The topological polar surface area (TPSA) is 90.7 Å². The Bertz CT molecular complexity index is 743. The van der Waals surface area contributed by atoms with Crippen molar-refractivity contribution in [2.75, 3.05) is 19.5 Å². The average Bonchev–Trinajstić information content (AvgIpc) is 2.52. The first-order valence-electron chi connectivity index (χ1n) is 6.51. The second kappa shape index (κ2) is 6.67. The Labute approximate surface area is 129 Å². The largest absolute Gasteiger partial charge is 0.497 e. The maximum atomic E-state index is 11.2. The molecule has 0 saturated heterocycles. The molecule has 0 amide bonds. The number of benzene rings is 2. The summed E-state index contributed by atoms with van der Waals surface area (Å²) in [5, 5.41) is 8.26. The zero-order valence-corrected chi connectivity index (χ0v) is 13.2. The van der Waals surface area contributed by atoms with Crippen LogP contribution >= 0.6 is 0 Å². The number of hydrogen-bond acceptors (Lipinski definition) is 5. The monoisotopic (exact) mass is 322 g/mol. The Morgan fingerprint density at radius 2 is 1.73 bits per heavy atom. The third kappa shape index (κ3) is 3.90. The predicted molar refractivity (Wildman–Crippen MR) is 84.7 cm³/mol. The molecule has 0 fully saturated rings. The van der Waals surface area contributed by atoms with Crippen LogP contribution in [0, 0.1) is 0 Å². The third-order valence-electron chi connectivity index (χ3n) is 3.15. The number of nitrogens with two attached hydrogens (primary N) is 1. The van der Waals surface area contributed by atoms with E-state index in [-0.39, 0.29) is 4.90 Å². The molecule has 0 bridgehead atoms. The average molecular weight is 322 g/mol. The van der Waals surface area contributed by atoms with Crippen molar-refractivity contribution in [3.63, 3.8) is 0 Å². The third-order valence-corrected chi connectivity index (χ3v) is 4.08. The van der Waals surface area contributed by atoms with Gasteiger partial charge in [-0.15, -0.1) is 0 Å². The minimum Gasteiger partial charge on any atom is -0.497 e. The Kier molecular flexibility index (Phi) is 4.89. The van der Waals surface area contributed by atoms with Gasteiger partial charge in [-0.2, -0.15) is 0 Å². The van der Waals surface area contributed by atoms with E-state index in [0.29, 0.717) is 6.54 Å². The van der Waals surface area contributed by atoms with E-state index in [2.05, 4.69) is 5.32 Å². The Morgan fingerprint density at radius 3 is 2.27 bits per heavy atom. The highest BCUT2D eigenvalue weighted by Gasteiger charge is 2.08. The van der Waals surface area contributed by atoms with Gasteiger partial charge in [0, 0.05) is 17.8 Å². The molecule has 0 aliphatic carbocycles. The standard InChI is InChI=1S/C15H18N2O4S/c1-20-13-5-8-15(21-2)11(9-13)10-17-12-3-6-14(7-4-12)22(16,18)19/h3-9,17H,10H2,1-2H3,(H2,16,18,19). The van der Waals surface area contributed by atoms with Crippen molar-refractivity contribution in [2.24, 2.45) is 5.14 Å². The SMILES string of the molecule is COc1ccc(OC)c(CNc2ccc(S(N)(=O)=O)cc2)c1. The van der Waals surface area contributed by atoms with Gasteiger partial charge >= 0.3 is 0 Å². The van der Waals surface area contributed by atoms with Gasteiger partial charge in [0.25, 0.3) is 0 Å². The molecule has 2 aromatic carbocycles. The van der Waals surface area contributed by atoms with E-state index >= 15 is 0 Å². The number of primary sulfonamides is 1. The molecule has 0 spiro atoms. The number of anilines is 1. The lowest BCUT2D eigenvalue weighted by molar-refractivity contribution is 0.399. The lowest BCUT2D eigenvalue weighted by Crippen LogP contribution is -2.12. The molecule has 6 nitrogen and oxygen atoms in total. The summed E-state index contributed by atoms with van der Waals surface area (Å²) < 4.78 is 32.9. The van der Waals surface area contributed by atoms with Crippen molar-refractivity contribution in [2.45, 2.75) is 11.4 Å². The Balaban J connectivity index is 2.13. The Hall–Kier alpha value is -2.25. The molecule has 0 unspecified atom stereocenters. The van der Waals surface area contributed by atoms with Crippen LogP contribution in [0.4, 0.5) is 5.69 Å². The van der Waals surface area contributed by atoms with Gasteiger partial charge < -0.3 is 14.8 Å². The van der Waals surface area contributed by atoms with Gasteiger partial charge in [-0.05, 0) is 42.5 Å². The van der Waals surface area contributed by atoms with E-state index in [1.165, 1.54) is 12.1 Å². The lowest BCUT2D eigenvalue weighted by atomic mass is 10.2. The maximum Gasteiger partial charge on any atom is 0.238 e. The van der Waals surface area contributed by atoms with Crippen LogP contribution in [0.2, 0.25) is 0 Å². The molecule has 0 radical (unpaired) electrons. The number of rotatable bonds is 6. The van der Waals surface area contributed by atoms with Crippen LogP contribution in [0.3, 0.4) is 0 Å². The van der Waals surface area contributed by atoms with E-state index in [1.807, 2.05) is 18.2 Å². The molecule has 2 rings (SSSR count). The second-order valence-electron chi connectivity index (χ2n) is 4.60. The molecular weight excluding hydrogens is 304 g/mol. The summed E-state index contributed by atoms with van der Waals surface area (Å²) in [7, 11) is -0.465. The molecule has 118 valence electrons. The summed E-state index contributed by atoms with van der Waals surface area (Å²) in [6.45, 7) is 0.509. The molecule has 7 heteroatoms. The summed E-state index contributed by atoms with van der Waals surface area (Å²) in [4.78, 5) is 0.0806. The van der Waals surface area contributed by atoms with Crippen molar-refractivity contribution < 1.29 is 17.9 Å². The molecule has 3 N–H and O–H groups in total. The van der Waals surface area contributed by atoms with Crippen molar-refractivity contribution in [3.8, 4) is 11.5 Å². The quantitative estimate of drug-likeness (QED) is 0.848. The molecule has 0 atom stereocenters. The number of nitrogens with one attached hydrogen (secondary N) is 1. The molecule has 0 saturated carbocycles. The van der Waals surface area contributed by atoms with Crippen LogP contribution in [-0.2, 0) is 16.6 Å². The first-order valence-corrected chi connectivity index (χ1v) is 8.06. The van der Waals surface area contributed by atoms with Gasteiger partial charge in [-0.3, -0.25) is 0 Å². The fourth-order valence-electron chi connectivity index (χ4n) is 1.98. The van der Waals surface area contributed by atoms with Gasteiger partial charge in [0.15, 0.2) is 0 Å². The first kappa shape index (κ1) is 16.1. The molecule has 0 aromatic heterocycles. The van der Waals surface area contributed by atoms with Gasteiger partial charge in [-0.25, -0.2) is 13.6 Å². The van der Waals surface area contributed by atoms with Gasteiger partial charge in [0.05, 0.1) is 19.1 Å². The van der Waals surface area contributed by atoms with E-state index in [1.54, 1.807) is 26.4 Å². The van der Waals surface area contributed by atoms with E-state index in [4.69, 9.17) is 14.6 Å². The number of hydrogen-bond donors (Lipinski definition) is 2. The fourth-order valence-corrected chi connectivity index (χ4v) is 2.50. The van der Waals surface area contributed by atoms with Crippen LogP contribution in [0.1, 0.15) is 5.56 Å². The van der Waals surface area contributed by atoms with Crippen LogP contribution in [0.25, 0.3) is 0 Å². The highest BCUT2D eigenvalue weighted by Crippen LogP contribution is 2.25. The Morgan fingerprint density at radius 1 is 1.05 bits per heavy atom. The van der Waals surface area contributed by atoms with Crippen LogP contribution in [-0.4, -0.2) is 22.6 Å². The maximum absolute atomic E-state index is 11.2. The van der Waals surface area contributed by atoms with E-state index in [9.17, 15) is 8.42 Å². The smallest absolute Gasteiger partial charge is 0.238 e. The van der Waals surface area contributed by atoms with Crippen LogP contribution < -0.4 is 19.9 Å². The summed E-state index contributed by atoms with van der Waals surface area (Å²) >= 11 is 0. The van der Waals surface area contributed by atoms with Gasteiger partial charge in [0.2, 0.25) is 10.0 Å². The number of ether oxygens (including phenoxy) is 2. The minimum absolute atomic E-state index is 0.0806. The highest BCUT2D eigenvalue weighted by molar-refractivity contribution is 7.89. The molecule has 2 aromatic rings. The highest BCUT2D eigenvalue weighted by atomic mass is 32.2.